The van der Waals surface area contributed by atoms with Gasteiger partial charge in [-0.25, -0.2) is 13.1 Å². The van der Waals surface area contributed by atoms with Crippen LogP contribution in [0.5, 0.6) is 5.75 Å². The lowest BCUT2D eigenvalue weighted by molar-refractivity contribution is 0.0260. The summed E-state index contributed by atoms with van der Waals surface area (Å²) in [5.74, 6) is 0.724. The lowest BCUT2D eigenvalue weighted by Gasteiger charge is -2.41. The first-order chi connectivity index (χ1) is 16.8. The SMILES string of the molecule is CCC1(CC)C[C@H](NS(=O)(=O)c2ccc3c(c2)sc(=O)n3Cc2ccccc2)c2ccccc2O1. The summed E-state index contributed by atoms with van der Waals surface area (Å²) in [6, 6.07) is 21.9. The molecule has 0 saturated heterocycles. The molecule has 182 valence electrons. The Kier molecular flexibility index (Phi) is 6.29. The third-order valence-electron chi connectivity index (χ3n) is 6.92. The first-order valence-corrected chi connectivity index (χ1v) is 14.1. The highest BCUT2D eigenvalue weighted by Gasteiger charge is 2.40. The van der Waals surface area contributed by atoms with Crippen LogP contribution in [0.4, 0.5) is 0 Å². The smallest absolute Gasteiger partial charge is 0.308 e. The molecule has 0 aliphatic carbocycles. The molecule has 3 aromatic carbocycles. The summed E-state index contributed by atoms with van der Waals surface area (Å²) in [5.41, 5.74) is 2.17. The number of hydrogen-bond acceptors (Lipinski definition) is 5. The zero-order chi connectivity index (χ0) is 24.6. The van der Waals surface area contributed by atoms with Crippen LogP contribution in [0, 0.1) is 0 Å². The molecule has 0 saturated carbocycles. The molecule has 1 N–H and O–H groups in total. The minimum Gasteiger partial charge on any atom is -0.487 e. The number of nitrogens with zero attached hydrogens (tertiary/aromatic N) is 1. The summed E-state index contributed by atoms with van der Waals surface area (Å²) < 4.78 is 38.6. The molecule has 4 aromatic rings. The van der Waals surface area contributed by atoms with Crippen LogP contribution in [0.3, 0.4) is 0 Å². The van der Waals surface area contributed by atoms with Crippen molar-refractivity contribution in [2.75, 3.05) is 0 Å². The largest absolute Gasteiger partial charge is 0.487 e. The molecule has 5 rings (SSSR count). The van der Waals surface area contributed by atoms with Gasteiger partial charge in [-0.3, -0.25) is 9.36 Å². The fourth-order valence-corrected chi connectivity index (χ4v) is 7.04. The van der Waals surface area contributed by atoms with Crippen LogP contribution >= 0.6 is 11.3 Å². The zero-order valence-electron chi connectivity index (χ0n) is 19.7. The third kappa shape index (κ3) is 4.53. The topological polar surface area (TPSA) is 77.4 Å². The number of rotatable bonds is 7. The Bertz CT molecular complexity index is 1520. The maximum absolute atomic E-state index is 13.5. The van der Waals surface area contributed by atoms with E-state index < -0.39 is 21.7 Å². The molecular formula is C27H28N2O4S2. The van der Waals surface area contributed by atoms with Gasteiger partial charge in [-0.1, -0.05) is 73.7 Å². The number of benzene rings is 3. The lowest BCUT2D eigenvalue weighted by atomic mass is 9.84. The highest BCUT2D eigenvalue weighted by molar-refractivity contribution is 7.89. The van der Waals surface area contributed by atoms with Crippen molar-refractivity contribution in [2.45, 2.75) is 56.2 Å². The molecular weight excluding hydrogens is 480 g/mol. The van der Waals surface area contributed by atoms with Crippen molar-refractivity contribution in [3.05, 3.63) is 93.6 Å². The molecule has 2 heterocycles. The maximum atomic E-state index is 13.5. The van der Waals surface area contributed by atoms with Crippen molar-refractivity contribution in [3.8, 4) is 5.75 Å². The first-order valence-electron chi connectivity index (χ1n) is 11.8. The average molecular weight is 509 g/mol. The lowest BCUT2D eigenvalue weighted by Crippen LogP contribution is -2.44. The summed E-state index contributed by atoms with van der Waals surface area (Å²) >= 11 is 1.07. The van der Waals surface area contributed by atoms with Gasteiger partial charge in [-0.15, -0.1) is 0 Å². The Labute approximate surface area is 209 Å². The Morgan fingerprint density at radius 3 is 2.49 bits per heavy atom. The van der Waals surface area contributed by atoms with Crippen molar-refractivity contribution < 1.29 is 13.2 Å². The normalized spacial score (nSPS) is 17.1. The molecule has 0 amide bonds. The Morgan fingerprint density at radius 2 is 1.74 bits per heavy atom. The van der Waals surface area contributed by atoms with E-state index in [-0.39, 0.29) is 9.77 Å². The standard InChI is InChI=1S/C27H28N2O4S2/c1-3-27(4-2)17-22(21-12-8-9-13-24(21)33-27)28-35(31,32)20-14-15-23-25(16-20)34-26(30)29(23)18-19-10-6-5-7-11-19/h5-16,22,28H,3-4,17-18H2,1-2H3/t22-/m0/s1. The summed E-state index contributed by atoms with van der Waals surface area (Å²) in [4.78, 5) is 12.7. The quantitative estimate of drug-likeness (QED) is 0.359. The summed E-state index contributed by atoms with van der Waals surface area (Å²) in [7, 11) is -3.83. The van der Waals surface area contributed by atoms with E-state index in [9.17, 15) is 13.2 Å². The number of sulfonamides is 1. The first kappa shape index (κ1) is 23.8. The predicted molar refractivity (Wildman–Crippen MR) is 140 cm³/mol. The van der Waals surface area contributed by atoms with Crippen molar-refractivity contribution in [3.63, 3.8) is 0 Å². The van der Waals surface area contributed by atoms with Crippen LogP contribution in [0.15, 0.2) is 82.5 Å². The molecule has 0 fully saturated rings. The monoisotopic (exact) mass is 508 g/mol. The van der Waals surface area contributed by atoms with Crippen molar-refractivity contribution in [1.29, 1.82) is 0 Å². The summed E-state index contributed by atoms with van der Waals surface area (Å²) in [5, 5.41) is 0. The molecule has 35 heavy (non-hydrogen) atoms. The van der Waals surface area contributed by atoms with E-state index in [1.807, 2.05) is 54.6 Å². The minimum absolute atomic E-state index is 0.111. The third-order valence-corrected chi connectivity index (χ3v) is 9.33. The van der Waals surface area contributed by atoms with E-state index in [0.29, 0.717) is 17.7 Å². The maximum Gasteiger partial charge on any atom is 0.308 e. The van der Waals surface area contributed by atoms with Crippen LogP contribution in [0.25, 0.3) is 10.2 Å². The molecule has 8 heteroatoms. The van der Waals surface area contributed by atoms with E-state index in [4.69, 9.17) is 4.74 Å². The van der Waals surface area contributed by atoms with Crippen molar-refractivity contribution in [1.82, 2.24) is 9.29 Å². The van der Waals surface area contributed by atoms with Crippen LogP contribution in [0.2, 0.25) is 0 Å². The van der Waals surface area contributed by atoms with E-state index in [0.717, 1.165) is 46.6 Å². The molecule has 1 aliphatic heterocycles. The highest BCUT2D eigenvalue weighted by atomic mass is 32.2. The second-order valence-corrected chi connectivity index (χ2v) is 11.7. The Morgan fingerprint density at radius 1 is 1.03 bits per heavy atom. The van der Waals surface area contributed by atoms with Crippen LogP contribution in [-0.4, -0.2) is 18.6 Å². The molecule has 0 unspecified atom stereocenters. The summed E-state index contributed by atoms with van der Waals surface area (Å²) in [6.07, 6.45) is 2.12. The average Bonchev–Trinajstić information content (AvgIpc) is 3.18. The number of hydrogen-bond donors (Lipinski definition) is 1. The molecule has 1 aromatic heterocycles. The molecule has 1 aliphatic rings. The van der Waals surface area contributed by atoms with Crippen LogP contribution in [0.1, 0.15) is 50.3 Å². The van der Waals surface area contributed by atoms with Gasteiger partial charge in [0.2, 0.25) is 10.0 Å². The number of thiazole rings is 1. The van der Waals surface area contributed by atoms with Crippen LogP contribution < -0.4 is 14.3 Å². The van der Waals surface area contributed by atoms with E-state index >= 15 is 0 Å². The van der Waals surface area contributed by atoms with Gasteiger partial charge in [0.25, 0.3) is 0 Å². The molecule has 0 radical (unpaired) electrons. The second kappa shape index (κ2) is 9.26. The Balaban J connectivity index is 1.47. The molecule has 1 atom stereocenters. The van der Waals surface area contributed by atoms with Gasteiger partial charge in [0.15, 0.2) is 0 Å². The van der Waals surface area contributed by atoms with Gasteiger partial charge in [-0.05, 0) is 42.7 Å². The summed E-state index contributed by atoms with van der Waals surface area (Å²) in [6.45, 7) is 4.58. The molecule has 6 nitrogen and oxygen atoms in total. The number of ether oxygens (including phenoxy) is 1. The minimum atomic E-state index is -3.83. The van der Waals surface area contributed by atoms with E-state index in [1.165, 1.54) is 0 Å². The fraction of sp³-hybridized carbons (Fsp3) is 0.296. The van der Waals surface area contributed by atoms with Gasteiger partial charge in [-0.2, -0.15) is 0 Å². The van der Waals surface area contributed by atoms with Crippen molar-refractivity contribution >= 4 is 31.6 Å². The van der Waals surface area contributed by atoms with E-state index in [1.54, 1.807) is 22.8 Å². The number of nitrogens with one attached hydrogen (secondary N) is 1. The number of para-hydroxylation sites is 1. The molecule has 0 bridgehead atoms. The van der Waals surface area contributed by atoms with Gasteiger partial charge in [0, 0.05) is 12.0 Å². The van der Waals surface area contributed by atoms with Gasteiger partial charge >= 0.3 is 4.87 Å². The van der Waals surface area contributed by atoms with E-state index in [2.05, 4.69) is 18.6 Å². The molecule has 0 spiro atoms. The predicted octanol–water partition coefficient (Wildman–Crippen LogP) is 5.47. The van der Waals surface area contributed by atoms with Crippen LogP contribution in [-0.2, 0) is 16.6 Å². The highest BCUT2D eigenvalue weighted by Crippen LogP contribution is 2.43. The number of aromatic nitrogens is 1. The van der Waals surface area contributed by atoms with Crippen molar-refractivity contribution in [2.24, 2.45) is 0 Å². The second-order valence-electron chi connectivity index (χ2n) is 8.98. The van der Waals surface area contributed by atoms with Gasteiger partial charge in [0.1, 0.15) is 11.4 Å². The Hall–Kier alpha value is -2.94. The number of fused-ring (bicyclic) bond motifs is 2. The van der Waals surface area contributed by atoms with Gasteiger partial charge in [0.05, 0.1) is 27.7 Å². The van der Waals surface area contributed by atoms with Gasteiger partial charge < -0.3 is 4.74 Å². The zero-order valence-corrected chi connectivity index (χ0v) is 21.4. The fourth-order valence-electron chi connectivity index (χ4n) is 4.79.